The summed E-state index contributed by atoms with van der Waals surface area (Å²) in [4.78, 5) is 19.4. The molecule has 1 aliphatic rings. The molecule has 2 atom stereocenters. The van der Waals surface area contributed by atoms with Crippen molar-refractivity contribution in [3.8, 4) is 0 Å². The molecule has 106 valence electrons. The van der Waals surface area contributed by atoms with E-state index in [4.69, 9.17) is 5.73 Å². The zero-order valence-electron chi connectivity index (χ0n) is 11.6. The summed E-state index contributed by atoms with van der Waals surface area (Å²) in [5.74, 6) is 1.17. The van der Waals surface area contributed by atoms with Crippen molar-refractivity contribution < 1.29 is 0 Å². The number of H-pyrrole nitrogens is 1. The summed E-state index contributed by atoms with van der Waals surface area (Å²) >= 11 is 0. The number of hydrogen-bond donors (Lipinski definition) is 3. The number of benzene rings is 1. The third-order valence-electron chi connectivity index (χ3n) is 4.16. The first-order valence-electron chi connectivity index (χ1n) is 7.19. The van der Waals surface area contributed by atoms with Gasteiger partial charge in [0.2, 0.25) is 5.95 Å². The Labute approximate surface area is 117 Å². The van der Waals surface area contributed by atoms with E-state index in [1.54, 1.807) is 18.2 Å². The molecule has 0 saturated heterocycles. The van der Waals surface area contributed by atoms with Crippen LogP contribution in [0.1, 0.15) is 32.6 Å². The second-order valence-corrected chi connectivity index (χ2v) is 5.70. The molecule has 2 aromatic rings. The van der Waals surface area contributed by atoms with Crippen molar-refractivity contribution >= 4 is 22.5 Å². The molecule has 1 aliphatic carbocycles. The van der Waals surface area contributed by atoms with E-state index in [1.165, 1.54) is 19.3 Å². The molecule has 5 heteroatoms. The largest absolute Gasteiger partial charge is 0.399 e. The molecule has 0 spiro atoms. The van der Waals surface area contributed by atoms with Crippen molar-refractivity contribution in [1.29, 1.82) is 0 Å². The van der Waals surface area contributed by atoms with Crippen molar-refractivity contribution in [2.75, 3.05) is 11.1 Å². The van der Waals surface area contributed by atoms with Crippen LogP contribution in [0.15, 0.2) is 23.0 Å². The lowest BCUT2D eigenvalue weighted by molar-refractivity contribution is 0.348. The molecule has 0 amide bonds. The minimum atomic E-state index is -0.145. The maximum absolute atomic E-state index is 12.1. The fourth-order valence-corrected chi connectivity index (χ4v) is 2.93. The molecule has 1 heterocycles. The zero-order valence-corrected chi connectivity index (χ0v) is 11.6. The Hall–Kier alpha value is -2.04. The normalized spacial score (nSPS) is 22.9. The van der Waals surface area contributed by atoms with Gasteiger partial charge in [0.1, 0.15) is 0 Å². The Balaban J connectivity index is 1.92. The Morgan fingerprint density at radius 2 is 2.15 bits per heavy atom. The van der Waals surface area contributed by atoms with Crippen molar-refractivity contribution in [1.82, 2.24) is 9.97 Å². The van der Waals surface area contributed by atoms with Crippen LogP contribution in [0.4, 0.5) is 11.6 Å². The third-order valence-corrected chi connectivity index (χ3v) is 4.16. The van der Waals surface area contributed by atoms with E-state index in [1.807, 2.05) is 0 Å². The lowest BCUT2D eigenvalue weighted by Crippen LogP contribution is -2.31. The molecule has 1 fully saturated rings. The standard InChI is InChI=1S/C15H20N4O/c1-9-4-2-3-5-12(9)17-15-18-13-7-6-10(16)8-11(13)14(20)19-15/h6-9,12H,2-5,16H2,1H3,(H2,17,18,19,20). The molecule has 0 bridgehead atoms. The SMILES string of the molecule is CC1CCCCC1Nc1nc2ccc(N)cc2c(=O)[nH]1. The van der Waals surface area contributed by atoms with E-state index in [0.717, 1.165) is 6.42 Å². The van der Waals surface area contributed by atoms with Crippen LogP contribution in [-0.4, -0.2) is 16.0 Å². The number of nitrogens with one attached hydrogen (secondary N) is 2. The number of nitrogen functional groups attached to an aromatic ring is 1. The summed E-state index contributed by atoms with van der Waals surface area (Å²) in [6.07, 6.45) is 4.88. The number of nitrogens with zero attached hydrogens (tertiary/aromatic N) is 1. The minimum Gasteiger partial charge on any atom is -0.399 e. The van der Waals surface area contributed by atoms with Crippen LogP contribution in [-0.2, 0) is 0 Å². The molecule has 1 saturated carbocycles. The molecule has 3 rings (SSSR count). The molecule has 4 N–H and O–H groups in total. The predicted octanol–water partition coefficient (Wildman–Crippen LogP) is 2.50. The first-order valence-corrected chi connectivity index (χ1v) is 7.19. The molecule has 20 heavy (non-hydrogen) atoms. The summed E-state index contributed by atoms with van der Waals surface area (Å²) in [5.41, 5.74) is 6.81. The Kier molecular flexibility index (Phi) is 3.34. The highest BCUT2D eigenvalue weighted by molar-refractivity contribution is 5.81. The second kappa shape index (κ2) is 5.15. The van der Waals surface area contributed by atoms with Crippen LogP contribution in [0.25, 0.3) is 10.9 Å². The highest BCUT2D eigenvalue weighted by atomic mass is 16.1. The van der Waals surface area contributed by atoms with E-state index in [0.29, 0.717) is 34.5 Å². The van der Waals surface area contributed by atoms with Gasteiger partial charge < -0.3 is 11.1 Å². The Bertz CT molecular complexity index is 679. The molecule has 1 aromatic carbocycles. The van der Waals surface area contributed by atoms with Gasteiger partial charge in [-0.3, -0.25) is 9.78 Å². The number of aromatic nitrogens is 2. The van der Waals surface area contributed by atoms with Gasteiger partial charge in [-0.15, -0.1) is 0 Å². The lowest BCUT2D eigenvalue weighted by Gasteiger charge is -2.29. The van der Waals surface area contributed by atoms with Crippen LogP contribution in [0.5, 0.6) is 0 Å². The number of aromatic amines is 1. The van der Waals surface area contributed by atoms with Gasteiger partial charge in [0, 0.05) is 11.7 Å². The zero-order chi connectivity index (χ0) is 14.1. The van der Waals surface area contributed by atoms with E-state index in [9.17, 15) is 4.79 Å². The predicted molar refractivity (Wildman–Crippen MR) is 81.8 cm³/mol. The van der Waals surface area contributed by atoms with Gasteiger partial charge in [0.25, 0.3) is 5.56 Å². The molecular weight excluding hydrogens is 252 g/mol. The number of anilines is 2. The summed E-state index contributed by atoms with van der Waals surface area (Å²) in [5, 5.41) is 3.91. The number of fused-ring (bicyclic) bond motifs is 1. The highest BCUT2D eigenvalue weighted by Gasteiger charge is 2.21. The number of hydrogen-bond acceptors (Lipinski definition) is 4. The first kappa shape index (κ1) is 13.0. The lowest BCUT2D eigenvalue weighted by atomic mass is 9.86. The Morgan fingerprint density at radius 1 is 1.35 bits per heavy atom. The van der Waals surface area contributed by atoms with Gasteiger partial charge in [-0.05, 0) is 37.0 Å². The second-order valence-electron chi connectivity index (χ2n) is 5.70. The minimum absolute atomic E-state index is 0.145. The van der Waals surface area contributed by atoms with Gasteiger partial charge >= 0.3 is 0 Å². The van der Waals surface area contributed by atoms with Gasteiger partial charge in [-0.2, -0.15) is 0 Å². The quantitative estimate of drug-likeness (QED) is 0.733. The van der Waals surface area contributed by atoms with Crippen LogP contribution >= 0.6 is 0 Å². The Morgan fingerprint density at radius 3 is 2.95 bits per heavy atom. The van der Waals surface area contributed by atoms with Gasteiger partial charge in [-0.25, -0.2) is 4.98 Å². The van der Waals surface area contributed by atoms with E-state index < -0.39 is 0 Å². The topological polar surface area (TPSA) is 83.8 Å². The summed E-state index contributed by atoms with van der Waals surface area (Å²) in [7, 11) is 0. The van der Waals surface area contributed by atoms with Crippen LogP contribution in [0.3, 0.4) is 0 Å². The summed E-state index contributed by atoms with van der Waals surface area (Å²) in [6, 6.07) is 5.60. The first-order chi connectivity index (χ1) is 9.63. The molecule has 5 nitrogen and oxygen atoms in total. The van der Waals surface area contributed by atoms with Crippen molar-refractivity contribution in [2.45, 2.75) is 38.6 Å². The number of nitrogens with two attached hydrogens (primary N) is 1. The van der Waals surface area contributed by atoms with E-state index in [-0.39, 0.29) is 5.56 Å². The van der Waals surface area contributed by atoms with Gasteiger partial charge in [0.15, 0.2) is 0 Å². The maximum atomic E-state index is 12.1. The molecular formula is C15H20N4O. The number of rotatable bonds is 2. The van der Waals surface area contributed by atoms with Crippen molar-refractivity contribution in [2.24, 2.45) is 5.92 Å². The molecule has 2 unspecified atom stereocenters. The van der Waals surface area contributed by atoms with Crippen LogP contribution < -0.4 is 16.6 Å². The third kappa shape index (κ3) is 2.48. The summed E-state index contributed by atoms with van der Waals surface area (Å²) < 4.78 is 0. The van der Waals surface area contributed by atoms with Crippen molar-refractivity contribution in [3.63, 3.8) is 0 Å². The van der Waals surface area contributed by atoms with Gasteiger partial charge in [0.05, 0.1) is 10.9 Å². The smallest absolute Gasteiger partial charge is 0.260 e. The monoisotopic (exact) mass is 272 g/mol. The van der Waals surface area contributed by atoms with Crippen molar-refractivity contribution in [3.05, 3.63) is 28.6 Å². The average molecular weight is 272 g/mol. The fourth-order valence-electron chi connectivity index (χ4n) is 2.93. The van der Waals surface area contributed by atoms with E-state index in [2.05, 4.69) is 22.2 Å². The van der Waals surface area contributed by atoms with Crippen LogP contribution in [0, 0.1) is 5.92 Å². The highest BCUT2D eigenvalue weighted by Crippen LogP contribution is 2.26. The molecule has 0 aliphatic heterocycles. The van der Waals surface area contributed by atoms with E-state index >= 15 is 0 Å². The average Bonchev–Trinajstić information content (AvgIpc) is 2.42. The fraction of sp³-hybridized carbons (Fsp3) is 0.467. The van der Waals surface area contributed by atoms with Crippen LogP contribution in [0.2, 0.25) is 0 Å². The summed E-state index contributed by atoms with van der Waals surface area (Å²) in [6.45, 7) is 2.25. The molecule has 1 aromatic heterocycles. The molecule has 0 radical (unpaired) electrons. The van der Waals surface area contributed by atoms with Gasteiger partial charge in [-0.1, -0.05) is 19.8 Å². The maximum Gasteiger partial charge on any atom is 0.260 e.